The summed E-state index contributed by atoms with van der Waals surface area (Å²) < 4.78 is 5.73. The Bertz CT molecular complexity index is 215. The van der Waals surface area contributed by atoms with Gasteiger partial charge in [0.15, 0.2) is 0 Å². The van der Waals surface area contributed by atoms with Gasteiger partial charge < -0.3 is 9.64 Å². The minimum Gasteiger partial charge on any atom is -0.372 e. The van der Waals surface area contributed by atoms with E-state index in [1.807, 2.05) is 0 Å². The van der Waals surface area contributed by atoms with E-state index >= 15 is 0 Å². The van der Waals surface area contributed by atoms with Crippen molar-refractivity contribution in [3.63, 3.8) is 0 Å². The normalized spacial score (nSPS) is 27.4. The fourth-order valence-corrected chi connectivity index (χ4v) is 1.67. The lowest BCUT2D eigenvalue weighted by Crippen LogP contribution is -2.53. The summed E-state index contributed by atoms with van der Waals surface area (Å²) in [4.78, 5) is 2.06. The maximum Gasteiger partial charge on any atom is 0.0809 e. The van der Waals surface area contributed by atoms with Crippen LogP contribution in [0.25, 0.3) is 0 Å². The standard InChI is InChI=1S/C11H19NO/c1-6-12-8-11(4,5)13-7-10(12)9(2)3/h1,9-10H,7-8H2,2-5H3. The van der Waals surface area contributed by atoms with Crippen molar-refractivity contribution < 1.29 is 4.74 Å². The van der Waals surface area contributed by atoms with Gasteiger partial charge in [-0.3, -0.25) is 0 Å². The van der Waals surface area contributed by atoms with E-state index in [0.717, 1.165) is 13.2 Å². The molecule has 0 bridgehead atoms. The predicted octanol–water partition coefficient (Wildman–Crippen LogP) is 1.71. The van der Waals surface area contributed by atoms with Crippen molar-refractivity contribution in [2.24, 2.45) is 5.92 Å². The molecule has 1 unspecified atom stereocenters. The molecule has 2 heteroatoms. The molecule has 0 amide bonds. The first-order valence-corrected chi connectivity index (χ1v) is 4.83. The molecular formula is C11H19NO. The zero-order valence-electron chi connectivity index (χ0n) is 9.00. The third kappa shape index (κ3) is 2.38. The lowest BCUT2D eigenvalue weighted by molar-refractivity contribution is -0.105. The number of nitrogens with zero attached hydrogens (tertiary/aromatic N) is 1. The zero-order valence-corrected chi connectivity index (χ0v) is 9.00. The molecule has 1 fully saturated rings. The Morgan fingerprint density at radius 1 is 1.54 bits per heavy atom. The van der Waals surface area contributed by atoms with Gasteiger partial charge in [-0.1, -0.05) is 20.3 Å². The van der Waals surface area contributed by atoms with E-state index in [-0.39, 0.29) is 5.60 Å². The molecule has 2 nitrogen and oxygen atoms in total. The van der Waals surface area contributed by atoms with Gasteiger partial charge in [0.1, 0.15) is 0 Å². The molecule has 13 heavy (non-hydrogen) atoms. The number of hydrogen-bond donors (Lipinski definition) is 0. The van der Waals surface area contributed by atoms with Gasteiger partial charge in [0.25, 0.3) is 0 Å². The van der Waals surface area contributed by atoms with Gasteiger partial charge in [0, 0.05) is 6.04 Å². The highest BCUT2D eigenvalue weighted by molar-refractivity contribution is 4.97. The first-order valence-electron chi connectivity index (χ1n) is 4.83. The van der Waals surface area contributed by atoms with Crippen LogP contribution < -0.4 is 0 Å². The molecule has 1 aliphatic rings. The second-order valence-electron chi connectivity index (χ2n) is 4.64. The minimum absolute atomic E-state index is 0.0994. The van der Waals surface area contributed by atoms with Gasteiger partial charge in [0.2, 0.25) is 0 Å². The van der Waals surface area contributed by atoms with E-state index < -0.39 is 0 Å². The van der Waals surface area contributed by atoms with E-state index in [0.29, 0.717) is 12.0 Å². The molecule has 0 N–H and O–H groups in total. The predicted molar refractivity (Wildman–Crippen MR) is 54.2 cm³/mol. The molecule has 1 heterocycles. The van der Waals surface area contributed by atoms with E-state index in [4.69, 9.17) is 11.2 Å². The summed E-state index contributed by atoms with van der Waals surface area (Å²) in [5.41, 5.74) is -0.0994. The molecule has 0 aliphatic carbocycles. The Hall–Kier alpha value is -0.680. The van der Waals surface area contributed by atoms with E-state index in [9.17, 15) is 0 Å². The Labute approximate surface area is 81.3 Å². The smallest absolute Gasteiger partial charge is 0.0809 e. The van der Waals surface area contributed by atoms with Crippen LogP contribution in [0.2, 0.25) is 0 Å². The van der Waals surface area contributed by atoms with E-state index in [1.165, 1.54) is 0 Å². The molecule has 1 atom stereocenters. The van der Waals surface area contributed by atoms with Crippen molar-refractivity contribution in [3.05, 3.63) is 0 Å². The van der Waals surface area contributed by atoms with Crippen molar-refractivity contribution in [1.29, 1.82) is 0 Å². The van der Waals surface area contributed by atoms with Crippen molar-refractivity contribution in [1.82, 2.24) is 4.90 Å². The first-order chi connectivity index (χ1) is 5.96. The summed E-state index contributed by atoms with van der Waals surface area (Å²) in [6, 6.07) is 3.12. The van der Waals surface area contributed by atoms with Crippen molar-refractivity contribution in [3.8, 4) is 12.5 Å². The number of morpholine rings is 1. The lowest BCUT2D eigenvalue weighted by atomic mass is 9.98. The van der Waals surface area contributed by atoms with Gasteiger partial charge in [-0.25, -0.2) is 0 Å². The summed E-state index contributed by atoms with van der Waals surface area (Å²) in [6.45, 7) is 10.1. The van der Waals surface area contributed by atoms with Crippen molar-refractivity contribution >= 4 is 0 Å². The highest BCUT2D eigenvalue weighted by Gasteiger charge is 2.33. The first kappa shape index (κ1) is 10.4. The van der Waals surface area contributed by atoms with Gasteiger partial charge in [0.05, 0.1) is 24.8 Å². The average Bonchev–Trinajstić information content (AvgIpc) is 2.01. The maximum atomic E-state index is 5.73. The Morgan fingerprint density at radius 3 is 2.62 bits per heavy atom. The Balaban J connectivity index is 2.68. The molecule has 74 valence electrons. The van der Waals surface area contributed by atoms with Gasteiger partial charge in [-0.05, 0) is 19.8 Å². The molecule has 1 saturated heterocycles. The summed E-state index contributed by atoms with van der Waals surface area (Å²) in [5, 5.41) is 0. The fourth-order valence-electron chi connectivity index (χ4n) is 1.67. The van der Waals surface area contributed by atoms with Crippen LogP contribution in [0.1, 0.15) is 27.7 Å². The third-order valence-corrected chi connectivity index (χ3v) is 2.53. The molecule has 1 rings (SSSR count). The monoisotopic (exact) mass is 181 g/mol. The van der Waals surface area contributed by atoms with Crippen molar-refractivity contribution in [2.45, 2.75) is 39.3 Å². The van der Waals surface area contributed by atoms with E-state index in [1.54, 1.807) is 0 Å². The molecular weight excluding hydrogens is 162 g/mol. The summed E-state index contributed by atoms with van der Waals surface area (Å²) in [7, 11) is 0. The average molecular weight is 181 g/mol. The molecule has 0 aromatic rings. The van der Waals surface area contributed by atoms with Crippen LogP contribution in [0.4, 0.5) is 0 Å². The van der Waals surface area contributed by atoms with Crippen LogP contribution in [0.3, 0.4) is 0 Å². The largest absolute Gasteiger partial charge is 0.372 e. The number of terminal acetylenes is 1. The van der Waals surface area contributed by atoms with Gasteiger partial charge >= 0.3 is 0 Å². The maximum absolute atomic E-state index is 5.73. The summed E-state index contributed by atoms with van der Waals surface area (Å²) in [6.07, 6.45) is 5.47. The van der Waals surface area contributed by atoms with Gasteiger partial charge in [-0.15, -0.1) is 0 Å². The van der Waals surface area contributed by atoms with Crippen LogP contribution in [-0.4, -0.2) is 29.7 Å². The number of ether oxygens (including phenoxy) is 1. The summed E-state index contributed by atoms with van der Waals surface area (Å²) >= 11 is 0. The second-order valence-corrected chi connectivity index (χ2v) is 4.64. The topological polar surface area (TPSA) is 12.5 Å². The Kier molecular flexibility index (Phi) is 2.87. The molecule has 0 spiro atoms. The fraction of sp³-hybridized carbons (Fsp3) is 0.818. The molecule has 0 aromatic heterocycles. The minimum atomic E-state index is -0.0994. The van der Waals surface area contributed by atoms with Crippen LogP contribution in [-0.2, 0) is 4.74 Å². The molecule has 0 radical (unpaired) electrons. The highest BCUT2D eigenvalue weighted by Crippen LogP contribution is 2.23. The number of hydrogen-bond acceptors (Lipinski definition) is 2. The SMILES string of the molecule is C#CN1CC(C)(C)OCC1C(C)C. The molecule has 1 aliphatic heterocycles. The zero-order chi connectivity index (χ0) is 10.1. The van der Waals surface area contributed by atoms with Crippen LogP contribution in [0.5, 0.6) is 0 Å². The number of rotatable bonds is 1. The highest BCUT2D eigenvalue weighted by atomic mass is 16.5. The van der Waals surface area contributed by atoms with Crippen LogP contribution in [0, 0.1) is 18.4 Å². The molecule has 0 saturated carbocycles. The van der Waals surface area contributed by atoms with Crippen LogP contribution >= 0.6 is 0 Å². The lowest BCUT2D eigenvalue weighted by Gasteiger charge is -2.43. The molecule has 0 aromatic carbocycles. The van der Waals surface area contributed by atoms with Crippen LogP contribution in [0.15, 0.2) is 0 Å². The third-order valence-electron chi connectivity index (χ3n) is 2.53. The van der Waals surface area contributed by atoms with Crippen molar-refractivity contribution in [2.75, 3.05) is 13.2 Å². The quantitative estimate of drug-likeness (QED) is 0.571. The van der Waals surface area contributed by atoms with E-state index in [2.05, 4.69) is 38.6 Å². The van der Waals surface area contributed by atoms with Gasteiger partial charge in [-0.2, -0.15) is 0 Å². The second kappa shape index (κ2) is 3.59. The Morgan fingerprint density at radius 2 is 2.15 bits per heavy atom. The summed E-state index contributed by atoms with van der Waals surface area (Å²) in [5.74, 6) is 0.548.